The number of nitrogens with one attached hydrogen (secondary N) is 1. The number of nitriles is 1. The van der Waals surface area contributed by atoms with Crippen molar-refractivity contribution in [1.82, 2.24) is 5.32 Å². The number of carbonyl (C=O) groups excluding carboxylic acids is 2. The minimum Gasteiger partial charge on any atom is -0.298 e. The maximum atomic E-state index is 11.6. The van der Waals surface area contributed by atoms with Crippen LogP contribution in [-0.4, -0.2) is 17.9 Å². The molecule has 0 saturated carbocycles. The first-order chi connectivity index (χ1) is 8.69. The molecule has 5 heteroatoms. The quantitative estimate of drug-likeness (QED) is 0.582. The lowest BCUT2D eigenvalue weighted by Gasteiger charge is -2.17. The highest BCUT2D eigenvalue weighted by Gasteiger charge is 2.40. The molecule has 1 aliphatic rings. The zero-order valence-electron chi connectivity index (χ0n) is 9.18. The van der Waals surface area contributed by atoms with Gasteiger partial charge in [-0.3, -0.25) is 19.8 Å². The standard InChI is InChI=1S/C13H7N3O2/c1-15-11-10(8-5-3-2-4-6-8)9(7-14)12(17)16-13(11)18/h2-6,11H,(H,16,17,18). The minimum absolute atomic E-state index is 0.179. The summed E-state index contributed by atoms with van der Waals surface area (Å²) in [5.41, 5.74) is 0.543. The monoisotopic (exact) mass is 237 g/mol. The maximum Gasteiger partial charge on any atom is 0.327 e. The van der Waals surface area contributed by atoms with Crippen LogP contribution >= 0.6 is 0 Å². The van der Waals surface area contributed by atoms with E-state index in [-0.39, 0.29) is 11.1 Å². The Balaban J connectivity index is 2.71. The van der Waals surface area contributed by atoms with E-state index in [0.29, 0.717) is 5.56 Å². The molecule has 0 spiro atoms. The lowest BCUT2D eigenvalue weighted by atomic mass is 9.90. The van der Waals surface area contributed by atoms with E-state index in [0.717, 1.165) is 0 Å². The molecular weight excluding hydrogens is 230 g/mol. The third kappa shape index (κ3) is 1.74. The van der Waals surface area contributed by atoms with Gasteiger partial charge in [-0.2, -0.15) is 5.26 Å². The van der Waals surface area contributed by atoms with Crippen LogP contribution in [0.5, 0.6) is 0 Å². The Morgan fingerprint density at radius 1 is 1.28 bits per heavy atom. The van der Waals surface area contributed by atoms with E-state index in [1.807, 2.05) is 5.32 Å². The second-order valence-corrected chi connectivity index (χ2v) is 3.62. The lowest BCUT2D eigenvalue weighted by molar-refractivity contribution is -0.128. The summed E-state index contributed by atoms with van der Waals surface area (Å²) in [5.74, 6) is -1.44. The molecule has 1 aromatic carbocycles. The van der Waals surface area contributed by atoms with Gasteiger partial charge in [-0.25, -0.2) is 6.57 Å². The second-order valence-electron chi connectivity index (χ2n) is 3.62. The van der Waals surface area contributed by atoms with Crippen molar-refractivity contribution >= 4 is 17.4 Å². The second kappa shape index (κ2) is 4.52. The van der Waals surface area contributed by atoms with Crippen LogP contribution in [0.3, 0.4) is 0 Å². The molecule has 0 aromatic heterocycles. The number of amides is 2. The Morgan fingerprint density at radius 3 is 2.50 bits per heavy atom. The molecule has 1 aromatic rings. The summed E-state index contributed by atoms with van der Waals surface area (Å²) >= 11 is 0. The fraction of sp³-hybridized carbons (Fsp3) is 0.0769. The van der Waals surface area contributed by atoms with Gasteiger partial charge in [0.25, 0.3) is 5.91 Å². The third-order valence-electron chi connectivity index (χ3n) is 2.58. The molecule has 18 heavy (non-hydrogen) atoms. The topological polar surface area (TPSA) is 74.3 Å². The van der Waals surface area contributed by atoms with E-state index in [4.69, 9.17) is 11.8 Å². The van der Waals surface area contributed by atoms with Gasteiger partial charge in [-0.15, -0.1) is 0 Å². The highest BCUT2D eigenvalue weighted by Crippen LogP contribution is 2.27. The van der Waals surface area contributed by atoms with Crippen molar-refractivity contribution < 1.29 is 9.59 Å². The molecule has 0 radical (unpaired) electrons. The van der Waals surface area contributed by atoms with Gasteiger partial charge in [0.05, 0.1) is 5.57 Å². The van der Waals surface area contributed by atoms with E-state index in [1.54, 1.807) is 36.4 Å². The summed E-state index contributed by atoms with van der Waals surface area (Å²) in [5, 5.41) is 11.0. The van der Waals surface area contributed by atoms with Crippen LogP contribution in [0.1, 0.15) is 5.56 Å². The molecule has 2 rings (SSSR count). The van der Waals surface area contributed by atoms with Gasteiger partial charge in [-0.05, 0) is 5.56 Å². The first-order valence-corrected chi connectivity index (χ1v) is 5.10. The van der Waals surface area contributed by atoms with Crippen LogP contribution < -0.4 is 5.32 Å². The number of hydrogen-bond donors (Lipinski definition) is 1. The Labute approximate surface area is 103 Å². The highest BCUT2D eigenvalue weighted by molar-refractivity contribution is 6.21. The average Bonchev–Trinajstić information content (AvgIpc) is 2.39. The van der Waals surface area contributed by atoms with Crippen LogP contribution in [0.2, 0.25) is 0 Å². The van der Waals surface area contributed by atoms with E-state index >= 15 is 0 Å². The molecule has 5 nitrogen and oxygen atoms in total. The smallest absolute Gasteiger partial charge is 0.298 e. The summed E-state index contributed by atoms with van der Waals surface area (Å²) in [6.45, 7) is 7.05. The summed E-state index contributed by atoms with van der Waals surface area (Å²) < 4.78 is 0. The summed E-state index contributed by atoms with van der Waals surface area (Å²) in [6.07, 6.45) is 0. The van der Waals surface area contributed by atoms with Crippen LogP contribution in [0.15, 0.2) is 35.9 Å². The van der Waals surface area contributed by atoms with Crippen LogP contribution in [0.4, 0.5) is 0 Å². The molecule has 1 N–H and O–H groups in total. The van der Waals surface area contributed by atoms with Crippen LogP contribution in [0, 0.1) is 17.9 Å². The average molecular weight is 237 g/mol. The summed E-state index contributed by atoms with van der Waals surface area (Å²) in [7, 11) is 0. The van der Waals surface area contributed by atoms with Gasteiger partial charge in [0, 0.05) is 0 Å². The minimum atomic E-state index is -1.15. The van der Waals surface area contributed by atoms with Gasteiger partial charge < -0.3 is 0 Å². The van der Waals surface area contributed by atoms with Crippen LogP contribution in [-0.2, 0) is 9.59 Å². The SMILES string of the molecule is [C-]#[N+]C1C(=O)NC(=O)C(C#N)=C1c1ccccc1. The highest BCUT2D eigenvalue weighted by atomic mass is 16.2. The van der Waals surface area contributed by atoms with Gasteiger partial charge in [0.1, 0.15) is 11.6 Å². The number of rotatable bonds is 1. The molecule has 1 atom stereocenters. The lowest BCUT2D eigenvalue weighted by Crippen LogP contribution is -2.43. The molecule has 1 unspecified atom stereocenters. The van der Waals surface area contributed by atoms with E-state index in [1.165, 1.54) is 0 Å². The Bertz CT molecular complexity index is 632. The Hall–Kier alpha value is -2.92. The van der Waals surface area contributed by atoms with Crippen LogP contribution in [0.25, 0.3) is 10.4 Å². The van der Waals surface area contributed by atoms with Gasteiger partial charge >= 0.3 is 11.9 Å². The van der Waals surface area contributed by atoms with Gasteiger partial charge in [0.15, 0.2) is 0 Å². The molecule has 0 fully saturated rings. The van der Waals surface area contributed by atoms with Crippen molar-refractivity contribution in [3.8, 4) is 6.07 Å². The Kier molecular flexibility index (Phi) is 2.90. The van der Waals surface area contributed by atoms with Crippen molar-refractivity contribution in [2.75, 3.05) is 0 Å². The number of benzene rings is 1. The molecule has 2 amide bonds. The molecule has 0 bridgehead atoms. The normalized spacial score (nSPS) is 18.9. The maximum absolute atomic E-state index is 11.6. The van der Waals surface area contributed by atoms with Gasteiger partial charge in [-0.1, -0.05) is 30.3 Å². The fourth-order valence-electron chi connectivity index (χ4n) is 1.79. The summed E-state index contributed by atoms with van der Waals surface area (Å²) in [4.78, 5) is 26.4. The van der Waals surface area contributed by atoms with E-state index < -0.39 is 17.9 Å². The molecule has 86 valence electrons. The van der Waals surface area contributed by atoms with E-state index in [9.17, 15) is 9.59 Å². The number of nitrogens with zero attached hydrogens (tertiary/aromatic N) is 2. The van der Waals surface area contributed by atoms with Crippen molar-refractivity contribution in [3.63, 3.8) is 0 Å². The van der Waals surface area contributed by atoms with Crippen molar-refractivity contribution in [2.45, 2.75) is 6.04 Å². The number of imide groups is 1. The first kappa shape index (κ1) is 11.6. The molecule has 1 aliphatic heterocycles. The largest absolute Gasteiger partial charge is 0.327 e. The number of hydrogen-bond acceptors (Lipinski definition) is 3. The predicted molar refractivity (Wildman–Crippen MR) is 62.5 cm³/mol. The van der Waals surface area contributed by atoms with Crippen molar-refractivity contribution in [3.05, 3.63) is 52.9 Å². The molecule has 0 aliphatic carbocycles. The first-order valence-electron chi connectivity index (χ1n) is 5.10. The molecule has 1 heterocycles. The zero-order chi connectivity index (χ0) is 13.1. The number of carbonyl (C=O) groups is 2. The summed E-state index contributed by atoms with van der Waals surface area (Å²) in [6, 6.07) is 9.14. The Morgan fingerprint density at radius 2 is 1.94 bits per heavy atom. The van der Waals surface area contributed by atoms with Gasteiger partial charge in [0.2, 0.25) is 0 Å². The van der Waals surface area contributed by atoms with Crippen molar-refractivity contribution in [1.29, 1.82) is 5.26 Å². The van der Waals surface area contributed by atoms with Crippen molar-refractivity contribution in [2.24, 2.45) is 0 Å². The predicted octanol–water partition coefficient (Wildman–Crippen LogP) is 0.908. The zero-order valence-corrected chi connectivity index (χ0v) is 9.18. The third-order valence-corrected chi connectivity index (χ3v) is 2.58. The fourth-order valence-corrected chi connectivity index (χ4v) is 1.79. The van der Waals surface area contributed by atoms with E-state index in [2.05, 4.69) is 4.85 Å². The molecular formula is C13H7N3O2. The molecule has 0 saturated heterocycles.